The van der Waals surface area contributed by atoms with Crippen LogP contribution in [0.4, 0.5) is 0 Å². The van der Waals surface area contributed by atoms with Crippen molar-refractivity contribution in [2.45, 2.75) is 65.6 Å². The number of esters is 2. The first-order chi connectivity index (χ1) is 10.4. The molecule has 0 aromatic carbocycles. The van der Waals surface area contributed by atoms with E-state index in [9.17, 15) is 9.59 Å². The molecule has 1 aliphatic rings. The third-order valence-electron chi connectivity index (χ3n) is 2.60. The molecule has 1 rings (SSSR count). The number of ether oxygens (including phenoxy) is 4. The van der Waals surface area contributed by atoms with Crippen molar-refractivity contribution in [3.63, 3.8) is 0 Å². The highest BCUT2D eigenvalue weighted by molar-refractivity contribution is 5.66. The van der Waals surface area contributed by atoms with Gasteiger partial charge in [0.1, 0.15) is 6.10 Å². The molecular weight excluding hydrogens is 288 g/mol. The van der Waals surface area contributed by atoms with Crippen molar-refractivity contribution in [3.8, 4) is 0 Å². The maximum atomic E-state index is 10.5. The van der Waals surface area contributed by atoms with Gasteiger partial charge in [-0.3, -0.25) is 9.59 Å². The molecule has 1 heterocycles. The molecule has 0 radical (unpaired) electrons. The van der Waals surface area contributed by atoms with Crippen molar-refractivity contribution in [1.29, 1.82) is 0 Å². The van der Waals surface area contributed by atoms with Crippen LogP contribution in [0.5, 0.6) is 0 Å². The molecule has 0 aromatic heterocycles. The van der Waals surface area contributed by atoms with Gasteiger partial charge in [0.15, 0.2) is 0 Å². The van der Waals surface area contributed by atoms with E-state index in [1.807, 2.05) is 6.92 Å². The molecule has 1 saturated heterocycles. The second-order valence-corrected chi connectivity index (χ2v) is 4.92. The Bertz CT molecular complexity index is 270. The SMILES string of the molecule is CCCC(COC)OC(C)=O.CCCC1CO1.COC(C)=O. The summed E-state index contributed by atoms with van der Waals surface area (Å²) < 4.78 is 18.9. The minimum atomic E-state index is -0.245. The van der Waals surface area contributed by atoms with Gasteiger partial charge in [-0.05, 0) is 12.8 Å². The third kappa shape index (κ3) is 21.2. The number of carbonyl (C=O) groups excluding carboxylic acids is 2. The molecule has 2 atom stereocenters. The summed E-state index contributed by atoms with van der Waals surface area (Å²) >= 11 is 0. The molecule has 2 unspecified atom stereocenters. The Morgan fingerprint density at radius 3 is 1.91 bits per heavy atom. The standard InChI is InChI=1S/C8H16O3.C5H10O.C3H6O2/c1-4-5-8(6-10-3)11-7(2)9;1-2-3-5-4-6-5;1-3(4)5-2/h8H,4-6H2,1-3H3;5H,2-4H2,1H3;1-2H3. The third-order valence-corrected chi connectivity index (χ3v) is 2.60. The van der Waals surface area contributed by atoms with Crippen LogP contribution in [0.2, 0.25) is 0 Å². The van der Waals surface area contributed by atoms with Crippen LogP contribution in [0.1, 0.15) is 53.4 Å². The molecule has 0 aromatic rings. The molecule has 132 valence electrons. The van der Waals surface area contributed by atoms with Crippen LogP contribution in [0.15, 0.2) is 0 Å². The van der Waals surface area contributed by atoms with Gasteiger partial charge in [0.2, 0.25) is 0 Å². The molecule has 0 N–H and O–H groups in total. The predicted molar refractivity (Wildman–Crippen MR) is 84.7 cm³/mol. The van der Waals surface area contributed by atoms with E-state index in [2.05, 4.69) is 11.7 Å². The first kappa shape index (κ1) is 23.1. The second kappa shape index (κ2) is 16.2. The second-order valence-electron chi connectivity index (χ2n) is 4.92. The van der Waals surface area contributed by atoms with Crippen LogP contribution in [-0.2, 0) is 28.5 Å². The zero-order valence-corrected chi connectivity index (χ0v) is 14.8. The lowest BCUT2D eigenvalue weighted by atomic mass is 10.2. The highest BCUT2D eigenvalue weighted by Gasteiger charge is 2.19. The highest BCUT2D eigenvalue weighted by Crippen LogP contribution is 2.14. The fourth-order valence-corrected chi connectivity index (χ4v) is 1.48. The summed E-state index contributed by atoms with van der Waals surface area (Å²) in [5.41, 5.74) is 0. The summed E-state index contributed by atoms with van der Waals surface area (Å²) in [5.74, 6) is -0.481. The Kier molecular flexibility index (Phi) is 17.1. The van der Waals surface area contributed by atoms with Crippen LogP contribution >= 0.6 is 0 Å². The van der Waals surface area contributed by atoms with Crippen molar-refractivity contribution in [1.82, 2.24) is 0 Å². The van der Waals surface area contributed by atoms with Gasteiger partial charge in [0.25, 0.3) is 0 Å². The minimum absolute atomic E-state index is 0.0671. The van der Waals surface area contributed by atoms with Gasteiger partial charge >= 0.3 is 11.9 Å². The van der Waals surface area contributed by atoms with Crippen molar-refractivity contribution < 1.29 is 28.5 Å². The monoisotopic (exact) mass is 320 g/mol. The largest absolute Gasteiger partial charge is 0.469 e. The Morgan fingerprint density at radius 2 is 1.68 bits per heavy atom. The molecule has 0 spiro atoms. The van der Waals surface area contributed by atoms with Crippen LogP contribution in [0.3, 0.4) is 0 Å². The summed E-state index contributed by atoms with van der Waals surface area (Å²) in [7, 11) is 2.95. The van der Waals surface area contributed by atoms with Gasteiger partial charge in [-0.1, -0.05) is 26.7 Å². The summed E-state index contributed by atoms with van der Waals surface area (Å²) in [6.45, 7) is 8.52. The van der Waals surface area contributed by atoms with E-state index in [4.69, 9.17) is 14.2 Å². The Morgan fingerprint density at radius 1 is 1.14 bits per heavy atom. The van der Waals surface area contributed by atoms with Gasteiger partial charge in [-0.15, -0.1) is 0 Å². The van der Waals surface area contributed by atoms with Gasteiger partial charge in [0, 0.05) is 21.0 Å². The number of methoxy groups -OCH3 is 2. The molecule has 6 heteroatoms. The summed E-state index contributed by atoms with van der Waals surface area (Å²) in [6, 6.07) is 0. The average Bonchev–Trinajstić information content (AvgIpc) is 3.24. The predicted octanol–water partition coefficient (Wildman–Crippen LogP) is 2.73. The van der Waals surface area contributed by atoms with Crippen molar-refractivity contribution >= 4 is 11.9 Å². The van der Waals surface area contributed by atoms with Gasteiger partial charge in [0.05, 0.1) is 26.4 Å². The first-order valence-electron chi connectivity index (χ1n) is 7.73. The molecule has 22 heavy (non-hydrogen) atoms. The lowest BCUT2D eigenvalue weighted by molar-refractivity contribution is -0.149. The fraction of sp³-hybridized carbons (Fsp3) is 0.875. The van der Waals surface area contributed by atoms with E-state index < -0.39 is 0 Å². The van der Waals surface area contributed by atoms with Crippen LogP contribution < -0.4 is 0 Å². The minimum Gasteiger partial charge on any atom is -0.469 e. The van der Waals surface area contributed by atoms with E-state index in [-0.39, 0.29) is 18.0 Å². The van der Waals surface area contributed by atoms with Gasteiger partial charge in [-0.25, -0.2) is 0 Å². The molecule has 0 saturated carbocycles. The number of hydrogen-bond donors (Lipinski definition) is 0. The Labute approximate surface area is 134 Å². The topological polar surface area (TPSA) is 74.4 Å². The van der Waals surface area contributed by atoms with E-state index in [0.29, 0.717) is 12.7 Å². The number of rotatable bonds is 7. The Hall–Kier alpha value is -1.14. The van der Waals surface area contributed by atoms with Gasteiger partial charge < -0.3 is 18.9 Å². The molecule has 0 bridgehead atoms. The highest BCUT2D eigenvalue weighted by atomic mass is 16.6. The molecule has 1 aliphatic heterocycles. The molecule has 6 nitrogen and oxygen atoms in total. The van der Waals surface area contributed by atoms with E-state index in [1.54, 1.807) is 7.11 Å². The maximum Gasteiger partial charge on any atom is 0.302 e. The summed E-state index contributed by atoms with van der Waals surface area (Å²) in [4.78, 5) is 20.1. The van der Waals surface area contributed by atoms with Gasteiger partial charge in [-0.2, -0.15) is 0 Å². The normalized spacial score (nSPS) is 16.2. The van der Waals surface area contributed by atoms with Crippen molar-refractivity contribution in [2.24, 2.45) is 0 Å². The van der Waals surface area contributed by atoms with Crippen LogP contribution in [0.25, 0.3) is 0 Å². The van der Waals surface area contributed by atoms with E-state index >= 15 is 0 Å². The van der Waals surface area contributed by atoms with Crippen molar-refractivity contribution in [3.05, 3.63) is 0 Å². The van der Waals surface area contributed by atoms with E-state index in [1.165, 1.54) is 33.8 Å². The Balaban J connectivity index is 0. The van der Waals surface area contributed by atoms with Crippen molar-refractivity contribution in [2.75, 3.05) is 27.4 Å². The molecule has 1 fully saturated rings. The lowest BCUT2D eigenvalue weighted by Gasteiger charge is -2.14. The fourth-order valence-electron chi connectivity index (χ4n) is 1.48. The van der Waals surface area contributed by atoms with Crippen LogP contribution in [0, 0.1) is 0 Å². The summed E-state index contributed by atoms with van der Waals surface area (Å²) in [6.07, 6.45) is 4.98. The molecular formula is C16H32O6. The molecule has 0 aliphatic carbocycles. The molecule has 0 amide bonds. The quantitative estimate of drug-likeness (QED) is 0.530. The van der Waals surface area contributed by atoms with E-state index in [0.717, 1.165) is 19.4 Å². The van der Waals surface area contributed by atoms with Crippen LogP contribution in [-0.4, -0.2) is 51.6 Å². The summed E-state index contributed by atoms with van der Waals surface area (Å²) in [5, 5.41) is 0. The number of epoxide rings is 1. The zero-order valence-electron chi connectivity index (χ0n) is 14.8. The maximum absolute atomic E-state index is 10.5. The zero-order chi connectivity index (χ0) is 17.4. The lowest BCUT2D eigenvalue weighted by Crippen LogP contribution is -2.21. The average molecular weight is 320 g/mol. The number of hydrogen-bond acceptors (Lipinski definition) is 6. The smallest absolute Gasteiger partial charge is 0.302 e. The number of carbonyl (C=O) groups is 2. The first-order valence-corrected chi connectivity index (χ1v) is 7.73.